The second kappa shape index (κ2) is 13.5. The molecule has 0 bridgehead atoms. The predicted octanol–water partition coefficient (Wildman–Crippen LogP) is 5.23. The highest BCUT2D eigenvalue weighted by Gasteiger charge is 2.34. The van der Waals surface area contributed by atoms with Crippen molar-refractivity contribution in [3.05, 3.63) is 131 Å². The fraction of sp³-hybridized carbons (Fsp3) is 0.188. The lowest BCUT2D eigenvalue weighted by atomic mass is 10.0. The maximum atomic E-state index is 14.2. The zero-order valence-electron chi connectivity index (χ0n) is 22.9. The lowest BCUT2D eigenvalue weighted by Gasteiger charge is -2.33. The van der Waals surface area contributed by atoms with E-state index in [0.29, 0.717) is 5.02 Å². The Hall–Kier alpha value is -4.14. The molecule has 2 amide bonds. The normalized spacial score (nSPS) is 11.9. The minimum Gasteiger partial charge on any atom is -0.357 e. The first-order valence-corrected chi connectivity index (χ1v) is 14.9. The number of halogens is 1. The van der Waals surface area contributed by atoms with Crippen LogP contribution in [0.25, 0.3) is 0 Å². The van der Waals surface area contributed by atoms with Gasteiger partial charge in [0.05, 0.1) is 10.6 Å². The molecule has 9 heteroatoms. The zero-order valence-corrected chi connectivity index (χ0v) is 24.5. The average Bonchev–Trinajstić information content (AvgIpc) is 2.98. The average molecular weight is 590 g/mol. The highest BCUT2D eigenvalue weighted by Crippen LogP contribution is 2.26. The summed E-state index contributed by atoms with van der Waals surface area (Å²) in [5.41, 5.74) is 2.98. The summed E-state index contributed by atoms with van der Waals surface area (Å²) >= 11 is 6.09. The van der Waals surface area contributed by atoms with Crippen LogP contribution in [0, 0.1) is 6.92 Å². The summed E-state index contributed by atoms with van der Waals surface area (Å²) in [6.45, 7) is 1.54. The molecule has 0 aliphatic heterocycles. The second-order valence-electron chi connectivity index (χ2n) is 9.63. The van der Waals surface area contributed by atoms with E-state index in [-0.39, 0.29) is 29.5 Å². The molecule has 4 aromatic rings. The number of nitrogens with zero attached hydrogens (tertiary/aromatic N) is 2. The van der Waals surface area contributed by atoms with E-state index >= 15 is 0 Å². The number of nitrogens with one attached hydrogen (secondary N) is 1. The van der Waals surface area contributed by atoms with Gasteiger partial charge in [0, 0.05) is 25.0 Å². The minimum absolute atomic E-state index is 0.0418. The van der Waals surface area contributed by atoms with Gasteiger partial charge in [0.2, 0.25) is 11.8 Å². The van der Waals surface area contributed by atoms with Crippen molar-refractivity contribution in [1.29, 1.82) is 0 Å². The summed E-state index contributed by atoms with van der Waals surface area (Å²) in [5.74, 6) is -0.871. The van der Waals surface area contributed by atoms with Crippen LogP contribution >= 0.6 is 11.6 Å². The molecule has 1 atom stereocenters. The predicted molar refractivity (Wildman–Crippen MR) is 162 cm³/mol. The Morgan fingerprint density at radius 1 is 0.829 bits per heavy atom. The summed E-state index contributed by atoms with van der Waals surface area (Å²) < 4.78 is 28.8. The molecular weight excluding hydrogens is 558 g/mol. The standard InChI is InChI=1S/C32H32ClN3O4S/c1-24-10-9-13-26(20-24)22-35(30(32(38)34-2)21-25-11-5-3-6-12-25)31(37)23-36(28-18-16-27(33)17-19-28)41(39,40)29-14-7-4-8-15-29/h3-20,30H,21-23H2,1-2H3,(H,34,38). The Labute approximate surface area is 246 Å². The van der Waals surface area contributed by atoms with Gasteiger partial charge in [-0.2, -0.15) is 0 Å². The molecule has 7 nitrogen and oxygen atoms in total. The Morgan fingerprint density at radius 2 is 1.44 bits per heavy atom. The van der Waals surface area contributed by atoms with Gasteiger partial charge in [-0.15, -0.1) is 0 Å². The number of rotatable bonds is 11. The van der Waals surface area contributed by atoms with Crippen molar-refractivity contribution in [1.82, 2.24) is 10.2 Å². The van der Waals surface area contributed by atoms with Crippen molar-refractivity contribution in [3.63, 3.8) is 0 Å². The van der Waals surface area contributed by atoms with Gasteiger partial charge in [0.15, 0.2) is 0 Å². The van der Waals surface area contributed by atoms with Crippen molar-refractivity contribution >= 4 is 39.1 Å². The van der Waals surface area contributed by atoms with Crippen LogP contribution in [0.2, 0.25) is 5.02 Å². The topological polar surface area (TPSA) is 86.8 Å². The monoisotopic (exact) mass is 589 g/mol. The maximum Gasteiger partial charge on any atom is 0.264 e. The summed E-state index contributed by atoms with van der Waals surface area (Å²) in [5, 5.41) is 3.12. The van der Waals surface area contributed by atoms with E-state index in [2.05, 4.69) is 5.32 Å². The Morgan fingerprint density at radius 3 is 2.05 bits per heavy atom. The Bertz CT molecular complexity index is 1580. The first kappa shape index (κ1) is 29.8. The molecule has 4 rings (SSSR count). The lowest BCUT2D eigenvalue weighted by molar-refractivity contribution is -0.139. The SMILES string of the molecule is CNC(=O)C(Cc1ccccc1)N(Cc1cccc(C)c1)C(=O)CN(c1ccc(Cl)cc1)S(=O)(=O)c1ccccc1. The van der Waals surface area contributed by atoms with Crippen LogP contribution in [0.3, 0.4) is 0 Å². The number of amides is 2. The molecular formula is C32H32ClN3O4S. The molecule has 0 saturated carbocycles. The number of hydrogen-bond acceptors (Lipinski definition) is 4. The molecule has 1 N–H and O–H groups in total. The molecule has 1 unspecified atom stereocenters. The van der Waals surface area contributed by atoms with Gasteiger partial charge < -0.3 is 10.2 Å². The molecule has 0 aliphatic carbocycles. The van der Waals surface area contributed by atoms with Gasteiger partial charge in [-0.1, -0.05) is 90.0 Å². The van der Waals surface area contributed by atoms with E-state index < -0.39 is 28.5 Å². The molecule has 0 spiro atoms. The van der Waals surface area contributed by atoms with E-state index in [1.54, 1.807) is 42.5 Å². The van der Waals surface area contributed by atoms with Crippen molar-refractivity contribution in [2.45, 2.75) is 30.8 Å². The smallest absolute Gasteiger partial charge is 0.264 e. The number of hydrogen-bond donors (Lipinski definition) is 1. The molecule has 41 heavy (non-hydrogen) atoms. The van der Waals surface area contributed by atoms with Crippen LogP contribution in [0.5, 0.6) is 0 Å². The Kier molecular flexibility index (Phi) is 9.81. The van der Waals surface area contributed by atoms with E-state index in [9.17, 15) is 18.0 Å². The van der Waals surface area contributed by atoms with Crippen molar-refractivity contribution in [2.24, 2.45) is 0 Å². The number of aryl methyl sites for hydroxylation is 1. The summed E-state index contributed by atoms with van der Waals surface area (Å²) in [7, 11) is -2.62. The maximum absolute atomic E-state index is 14.2. The summed E-state index contributed by atoms with van der Waals surface area (Å²) in [6.07, 6.45) is 0.254. The highest BCUT2D eigenvalue weighted by molar-refractivity contribution is 7.92. The van der Waals surface area contributed by atoms with Gasteiger partial charge in [-0.25, -0.2) is 8.42 Å². The molecule has 212 valence electrons. The third-order valence-electron chi connectivity index (χ3n) is 6.68. The van der Waals surface area contributed by atoms with E-state index in [1.807, 2.05) is 61.5 Å². The first-order valence-electron chi connectivity index (χ1n) is 13.1. The van der Waals surface area contributed by atoms with E-state index in [0.717, 1.165) is 21.0 Å². The fourth-order valence-electron chi connectivity index (χ4n) is 4.58. The second-order valence-corrected chi connectivity index (χ2v) is 11.9. The molecule has 0 radical (unpaired) electrons. The molecule has 0 heterocycles. The fourth-order valence-corrected chi connectivity index (χ4v) is 6.14. The highest BCUT2D eigenvalue weighted by atomic mass is 35.5. The van der Waals surface area contributed by atoms with Crippen LogP contribution in [-0.2, 0) is 32.6 Å². The van der Waals surface area contributed by atoms with Gasteiger partial charge in [-0.05, 0) is 54.4 Å². The van der Waals surface area contributed by atoms with Gasteiger partial charge >= 0.3 is 0 Å². The molecule has 0 aromatic heterocycles. The quantitative estimate of drug-likeness (QED) is 0.260. The summed E-state index contributed by atoms with van der Waals surface area (Å²) in [6, 6.07) is 30.4. The molecule has 4 aromatic carbocycles. The van der Waals surface area contributed by atoms with Crippen LogP contribution in [0.1, 0.15) is 16.7 Å². The number of anilines is 1. The largest absolute Gasteiger partial charge is 0.357 e. The summed E-state index contributed by atoms with van der Waals surface area (Å²) in [4.78, 5) is 29.0. The molecule has 0 fully saturated rings. The number of carbonyl (C=O) groups is 2. The van der Waals surface area contributed by atoms with Crippen LogP contribution in [0.4, 0.5) is 5.69 Å². The lowest BCUT2D eigenvalue weighted by Crippen LogP contribution is -2.53. The third-order valence-corrected chi connectivity index (χ3v) is 8.72. The number of likely N-dealkylation sites (N-methyl/N-ethyl adjacent to an activating group) is 1. The number of carbonyl (C=O) groups excluding carboxylic acids is 2. The van der Waals surface area contributed by atoms with Crippen LogP contribution in [-0.4, -0.2) is 44.8 Å². The number of benzene rings is 4. The van der Waals surface area contributed by atoms with Crippen molar-refractivity contribution in [2.75, 3.05) is 17.9 Å². The van der Waals surface area contributed by atoms with Crippen molar-refractivity contribution in [3.8, 4) is 0 Å². The van der Waals surface area contributed by atoms with Crippen LogP contribution in [0.15, 0.2) is 114 Å². The van der Waals surface area contributed by atoms with Gasteiger partial charge in [0.1, 0.15) is 12.6 Å². The van der Waals surface area contributed by atoms with Gasteiger partial charge in [-0.3, -0.25) is 13.9 Å². The molecule has 0 saturated heterocycles. The first-order chi connectivity index (χ1) is 19.7. The van der Waals surface area contributed by atoms with Crippen LogP contribution < -0.4 is 9.62 Å². The van der Waals surface area contributed by atoms with Gasteiger partial charge in [0.25, 0.3) is 10.0 Å². The zero-order chi connectivity index (χ0) is 29.4. The number of sulfonamides is 1. The Balaban J connectivity index is 1.78. The molecule has 0 aliphatic rings. The minimum atomic E-state index is -4.14. The van der Waals surface area contributed by atoms with E-state index in [4.69, 9.17) is 11.6 Å². The third kappa shape index (κ3) is 7.54. The van der Waals surface area contributed by atoms with Crippen molar-refractivity contribution < 1.29 is 18.0 Å². The van der Waals surface area contributed by atoms with E-state index in [1.165, 1.54) is 24.1 Å².